The molecule has 2 rings (SSSR count). The van der Waals surface area contributed by atoms with Crippen LogP contribution in [0, 0.1) is 0 Å². The maximum atomic E-state index is 11.2. The van der Waals surface area contributed by atoms with E-state index < -0.39 is 5.97 Å². The Kier molecular flexibility index (Phi) is 3.94. The summed E-state index contributed by atoms with van der Waals surface area (Å²) in [4.78, 5) is 13.5. The van der Waals surface area contributed by atoms with Gasteiger partial charge in [-0.3, -0.25) is 0 Å². The Morgan fingerprint density at radius 2 is 2.29 bits per heavy atom. The van der Waals surface area contributed by atoms with Gasteiger partial charge in [-0.2, -0.15) is 11.8 Å². The fourth-order valence-electron chi connectivity index (χ4n) is 2.30. The third-order valence-corrected chi connectivity index (χ3v) is 4.28. The highest BCUT2D eigenvalue weighted by molar-refractivity contribution is 7.99. The lowest BCUT2D eigenvalue weighted by Crippen LogP contribution is -2.36. The molecule has 92 valence electrons. The number of aromatic carboxylic acids is 1. The largest absolute Gasteiger partial charge is 0.478 e. The monoisotopic (exact) mass is 251 g/mol. The Morgan fingerprint density at radius 1 is 1.53 bits per heavy atom. The average Bonchev–Trinajstić information content (AvgIpc) is 2.84. The van der Waals surface area contributed by atoms with Crippen molar-refractivity contribution in [3.8, 4) is 0 Å². The molecule has 1 fully saturated rings. The van der Waals surface area contributed by atoms with Crippen LogP contribution in [-0.4, -0.2) is 35.2 Å². The number of carboxylic acid groups (broad SMARTS) is 1. The first-order chi connectivity index (χ1) is 8.24. The lowest BCUT2D eigenvalue weighted by atomic mass is 10.1. The summed E-state index contributed by atoms with van der Waals surface area (Å²) in [6.45, 7) is 2.94. The number of para-hydroxylation sites is 1. The van der Waals surface area contributed by atoms with E-state index in [0.717, 1.165) is 24.4 Å². The maximum Gasteiger partial charge on any atom is 0.337 e. The minimum Gasteiger partial charge on any atom is -0.478 e. The summed E-state index contributed by atoms with van der Waals surface area (Å²) in [5, 5.41) is 9.22. The third kappa shape index (κ3) is 2.57. The van der Waals surface area contributed by atoms with E-state index in [2.05, 4.69) is 11.8 Å². The predicted octanol–water partition coefficient (Wildman–Crippen LogP) is 2.72. The predicted molar refractivity (Wildman–Crippen MR) is 72.2 cm³/mol. The van der Waals surface area contributed by atoms with Gasteiger partial charge in [0.2, 0.25) is 0 Å². The van der Waals surface area contributed by atoms with E-state index in [1.165, 1.54) is 5.75 Å². The number of rotatable bonds is 4. The van der Waals surface area contributed by atoms with Gasteiger partial charge in [-0.05, 0) is 31.2 Å². The number of nitrogens with zero attached hydrogens (tertiary/aromatic N) is 1. The molecule has 0 radical (unpaired) electrons. The first-order valence-corrected chi connectivity index (χ1v) is 7.06. The first kappa shape index (κ1) is 12.3. The lowest BCUT2D eigenvalue weighted by molar-refractivity contribution is 0.0697. The molecule has 1 heterocycles. The van der Waals surface area contributed by atoms with Gasteiger partial charge in [0.1, 0.15) is 0 Å². The highest BCUT2D eigenvalue weighted by Crippen LogP contribution is 2.29. The molecule has 0 amide bonds. The molecule has 1 N–H and O–H groups in total. The average molecular weight is 251 g/mol. The number of benzene rings is 1. The molecular weight excluding hydrogens is 234 g/mol. The van der Waals surface area contributed by atoms with E-state index in [1.807, 2.05) is 23.9 Å². The molecule has 0 spiro atoms. The molecule has 1 aliphatic rings. The van der Waals surface area contributed by atoms with Crippen molar-refractivity contribution in [2.45, 2.75) is 19.4 Å². The second-order valence-corrected chi connectivity index (χ2v) is 5.28. The van der Waals surface area contributed by atoms with Crippen LogP contribution in [0.25, 0.3) is 0 Å². The Hall–Kier alpha value is -1.16. The van der Waals surface area contributed by atoms with Crippen LogP contribution >= 0.6 is 11.8 Å². The van der Waals surface area contributed by atoms with E-state index in [1.54, 1.807) is 12.1 Å². The highest BCUT2D eigenvalue weighted by Gasteiger charge is 2.24. The van der Waals surface area contributed by atoms with Gasteiger partial charge >= 0.3 is 5.97 Å². The van der Waals surface area contributed by atoms with Gasteiger partial charge in [-0.1, -0.05) is 12.1 Å². The minimum atomic E-state index is -0.843. The molecule has 1 saturated heterocycles. The minimum absolute atomic E-state index is 0.409. The Bertz CT molecular complexity index is 402. The molecule has 0 aromatic heterocycles. The summed E-state index contributed by atoms with van der Waals surface area (Å²) in [6.07, 6.45) is 1.15. The van der Waals surface area contributed by atoms with Crippen LogP contribution in [-0.2, 0) is 0 Å². The van der Waals surface area contributed by atoms with E-state index in [4.69, 9.17) is 0 Å². The highest BCUT2D eigenvalue weighted by atomic mass is 32.2. The van der Waals surface area contributed by atoms with E-state index in [0.29, 0.717) is 11.6 Å². The molecule has 0 unspecified atom stereocenters. The summed E-state index contributed by atoms with van der Waals surface area (Å²) in [5.74, 6) is 1.43. The topological polar surface area (TPSA) is 40.5 Å². The van der Waals surface area contributed by atoms with E-state index >= 15 is 0 Å². The van der Waals surface area contributed by atoms with Gasteiger partial charge in [0, 0.05) is 18.3 Å². The van der Waals surface area contributed by atoms with Crippen molar-refractivity contribution < 1.29 is 9.90 Å². The summed E-state index contributed by atoms with van der Waals surface area (Å²) >= 11 is 1.95. The summed E-state index contributed by atoms with van der Waals surface area (Å²) in [7, 11) is 0. The number of anilines is 1. The van der Waals surface area contributed by atoms with Crippen LogP contribution in [0.5, 0.6) is 0 Å². The van der Waals surface area contributed by atoms with Crippen molar-refractivity contribution in [2.75, 3.05) is 23.0 Å². The molecule has 17 heavy (non-hydrogen) atoms. The Labute approximate surface area is 106 Å². The van der Waals surface area contributed by atoms with E-state index in [-0.39, 0.29) is 0 Å². The Morgan fingerprint density at radius 3 is 2.88 bits per heavy atom. The van der Waals surface area contributed by atoms with Gasteiger partial charge in [-0.25, -0.2) is 4.79 Å². The summed E-state index contributed by atoms with van der Waals surface area (Å²) < 4.78 is 0. The van der Waals surface area contributed by atoms with Crippen LogP contribution in [0.1, 0.15) is 23.7 Å². The number of thioether (sulfide) groups is 1. The van der Waals surface area contributed by atoms with Gasteiger partial charge in [0.05, 0.1) is 11.3 Å². The van der Waals surface area contributed by atoms with Gasteiger partial charge in [-0.15, -0.1) is 0 Å². The molecule has 3 nitrogen and oxygen atoms in total. The zero-order valence-electron chi connectivity index (χ0n) is 9.93. The molecular formula is C13H17NO2S. The molecule has 1 aromatic carbocycles. The van der Waals surface area contributed by atoms with Gasteiger partial charge in [0.15, 0.2) is 0 Å². The van der Waals surface area contributed by atoms with Crippen molar-refractivity contribution in [3.05, 3.63) is 29.8 Å². The zero-order valence-corrected chi connectivity index (χ0v) is 10.7. The quantitative estimate of drug-likeness (QED) is 0.893. The van der Waals surface area contributed by atoms with Crippen LogP contribution < -0.4 is 4.90 Å². The third-order valence-electron chi connectivity index (χ3n) is 3.13. The maximum absolute atomic E-state index is 11.2. The normalized spacial score (nSPS) is 19.2. The molecule has 0 aliphatic carbocycles. The fraction of sp³-hybridized carbons (Fsp3) is 0.462. The van der Waals surface area contributed by atoms with Crippen molar-refractivity contribution in [2.24, 2.45) is 0 Å². The second-order valence-electron chi connectivity index (χ2n) is 4.13. The number of carboxylic acids is 1. The smallest absolute Gasteiger partial charge is 0.337 e. The van der Waals surface area contributed by atoms with Gasteiger partial charge < -0.3 is 10.0 Å². The van der Waals surface area contributed by atoms with Crippen molar-refractivity contribution in [3.63, 3.8) is 0 Å². The zero-order chi connectivity index (χ0) is 12.3. The fourth-order valence-corrected chi connectivity index (χ4v) is 3.52. The molecule has 0 saturated carbocycles. The molecule has 1 aliphatic heterocycles. The SMILES string of the molecule is CCN(c1ccccc1C(=O)O)[C@@H]1CCSC1. The lowest BCUT2D eigenvalue weighted by Gasteiger charge is -2.30. The van der Waals surface area contributed by atoms with Gasteiger partial charge in [0.25, 0.3) is 0 Å². The van der Waals surface area contributed by atoms with Crippen LogP contribution in [0.4, 0.5) is 5.69 Å². The van der Waals surface area contributed by atoms with Crippen LogP contribution in [0.3, 0.4) is 0 Å². The van der Waals surface area contributed by atoms with Crippen molar-refractivity contribution in [1.82, 2.24) is 0 Å². The first-order valence-electron chi connectivity index (χ1n) is 5.90. The van der Waals surface area contributed by atoms with Crippen molar-refractivity contribution >= 4 is 23.4 Å². The molecule has 4 heteroatoms. The second kappa shape index (κ2) is 5.45. The molecule has 1 aromatic rings. The molecule has 0 bridgehead atoms. The van der Waals surface area contributed by atoms with Crippen LogP contribution in [0.2, 0.25) is 0 Å². The number of carbonyl (C=O) groups is 1. The standard InChI is InChI=1S/C13H17NO2S/c1-2-14(10-7-8-17-9-10)12-6-4-3-5-11(12)13(15)16/h3-6,10H,2,7-9H2,1H3,(H,15,16)/t10-/m1/s1. The number of hydrogen-bond donors (Lipinski definition) is 1. The Balaban J connectivity index is 2.32. The van der Waals surface area contributed by atoms with Crippen molar-refractivity contribution in [1.29, 1.82) is 0 Å². The number of hydrogen-bond acceptors (Lipinski definition) is 3. The summed E-state index contributed by atoms with van der Waals surface area (Å²) in [6, 6.07) is 7.76. The summed E-state index contributed by atoms with van der Waals surface area (Å²) in [5.41, 5.74) is 1.27. The molecule has 1 atom stereocenters. The van der Waals surface area contributed by atoms with Crippen LogP contribution in [0.15, 0.2) is 24.3 Å². The van der Waals surface area contributed by atoms with E-state index in [9.17, 15) is 9.90 Å².